The van der Waals surface area contributed by atoms with E-state index in [4.69, 9.17) is 84.3 Å². The van der Waals surface area contributed by atoms with Gasteiger partial charge in [-0.3, -0.25) is 9.80 Å². The summed E-state index contributed by atoms with van der Waals surface area (Å²) in [4.78, 5) is 55.5. The maximum absolute atomic E-state index is 13.8. The predicted molar refractivity (Wildman–Crippen MR) is 395 cm³/mol. The Labute approximate surface area is 628 Å². The second kappa shape index (κ2) is 37.5. The molecule has 103 heavy (non-hydrogen) atoms. The number of alkyl carbamates (subject to hydrolysis) is 2. The van der Waals surface area contributed by atoms with Gasteiger partial charge in [0.25, 0.3) is 0 Å². The molecule has 4 fully saturated rings. The Bertz CT molecular complexity index is 3600. The number of halogens is 4. The van der Waals surface area contributed by atoms with Crippen molar-refractivity contribution in [2.45, 2.75) is 175 Å². The number of nitrogens with zero attached hydrogens (tertiary/aromatic N) is 4. The Balaban J connectivity index is 0.527. The zero-order valence-electron chi connectivity index (χ0n) is 59.6. The summed E-state index contributed by atoms with van der Waals surface area (Å²) >= 11 is 25.2. The molecule has 0 bridgehead atoms. The van der Waals surface area contributed by atoms with Crippen LogP contribution in [0.25, 0.3) is 0 Å². The molecule has 4 aromatic rings. The van der Waals surface area contributed by atoms with Crippen LogP contribution in [-0.2, 0) is 62.6 Å². The van der Waals surface area contributed by atoms with Gasteiger partial charge >= 0.3 is 24.2 Å². The molecule has 0 saturated carbocycles. The van der Waals surface area contributed by atoms with Gasteiger partial charge in [0.05, 0.1) is 86.7 Å². The van der Waals surface area contributed by atoms with E-state index in [1.807, 2.05) is 82.2 Å². The number of amides is 6. The fourth-order valence-corrected chi connectivity index (χ4v) is 17.8. The molecule has 4 aromatic carbocycles. The third-order valence-corrected chi connectivity index (χ3v) is 23.1. The van der Waals surface area contributed by atoms with E-state index in [0.717, 1.165) is 67.4 Å². The summed E-state index contributed by atoms with van der Waals surface area (Å²) in [5, 5.41) is 19.4. The van der Waals surface area contributed by atoms with E-state index in [2.05, 4.69) is 41.7 Å². The summed E-state index contributed by atoms with van der Waals surface area (Å²) in [6, 6.07) is 20.1. The number of unbranched alkanes of at least 4 members (excludes halogenated alkanes) is 1. The summed E-state index contributed by atoms with van der Waals surface area (Å²) in [5.74, 6) is 1.11. The zero-order chi connectivity index (χ0) is 73.4. The third kappa shape index (κ3) is 23.6. The van der Waals surface area contributed by atoms with Crippen LogP contribution in [0.2, 0.25) is 20.1 Å². The van der Waals surface area contributed by atoms with Crippen molar-refractivity contribution in [3.63, 3.8) is 0 Å². The Morgan fingerprint density at radius 2 is 0.990 bits per heavy atom. The number of sulfonamides is 1. The van der Waals surface area contributed by atoms with Gasteiger partial charge in [0.2, 0.25) is 10.0 Å². The van der Waals surface area contributed by atoms with E-state index in [-0.39, 0.29) is 92.3 Å². The lowest BCUT2D eigenvalue weighted by molar-refractivity contribution is 0.0123. The second-order valence-corrected chi connectivity index (χ2v) is 33.9. The van der Waals surface area contributed by atoms with E-state index in [1.54, 1.807) is 36.4 Å². The van der Waals surface area contributed by atoms with E-state index < -0.39 is 50.9 Å². The van der Waals surface area contributed by atoms with Gasteiger partial charge in [-0.1, -0.05) is 46.4 Å². The van der Waals surface area contributed by atoms with E-state index >= 15 is 0 Å². The molecule has 6 N–H and O–H groups in total. The normalized spacial score (nSPS) is 22.9. The smallest absolute Gasteiger partial charge is 0.407 e. The highest BCUT2D eigenvalue weighted by molar-refractivity contribution is 7.89. The molecule has 6 amide bonds. The second-order valence-electron chi connectivity index (χ2n) is 28.8. The number of ether oxygens (including phenoxy) is 8. The fraction of sp³-hybridized carbons (Fsp3) is 0.611. The van der Waals surface area contributed by atoms with Crippen molar-refractivity contribution in [2.24, 2.45) is 0 Å². The molecule has 0 aromatic heterocycles. The standard InChI is InChI=1S/C72H100Cl4N10O15S2/c1-71(2,3)100-69(89)81-49-11-9-27-83(43-49)63-41-57-59(37-47(73)39-61(57)75)65(63)98-51-13-17-55(18-14-51)102(91)85-29-21-53(45-85)96-35-33-94-31-25-79-67(87)77-23-7-8-24-78-68(88)80-26-32-95-34-36-97-54-22-30-86(46-54)103(92,93)56-19-15-52(16-20-56)99-66-60-38-48(74)40-62(76)58(60)42-64(66)84-28-10-12-50(44-84)82-70(90)101-72(4,5)6/h13-20,37-40,49-50,53-54,63-66H,7-12,21-36,41-46H2,1-6H3,(H,81,89)(H,82,90)(H2,77,79,87)(H2,78,80,88)/t49-,50-,53-,54-,63+,64+,65+,66+,102?/m1/s1. The summed E-state index contributed by atoms with van der Waals surface area (Å²) in [7, 11) is -3.83. The van der Waals surface area contributed by atoms with Crippen LogP contribution >= 0.6 is 46.4 Å². The first kappa shape index (κ1) is 80.2. The molecule has 9 atom stereocenters. The number of urea groups is 2. The number of fused-ring (bicyclic) bond motifs is 2. The third-order valence-electron chi connectivity index (χ3n) is 18.7. The molecule has 0 spiro atoms. The number of piperidine rings is 2. The van der Waals surface area contributed by atoms with Crippen LogP contribution in [0.4, 0.5) is 19.2 Å². The number of benzene rings is 4. The number of hydrogen-bond donors (Lipinski definition) is 6. The first-order valence-electron chi connectivity index (χ1n) is 35.8. The fourth-order valence-electron chi connectivity index (χ4n) is 13.9. The molecule has 2 aliphatic carbocycles. The highest BCUT2D eigenvalue weighted by Crippen LogP contribution is 2.46. The van der Waals surface area contributed by atoms with Crippen molar-refractivity contribution in [1.29, 1.82) is 0 Å². The van der Waals surface area contributed by atoms with Gasteiger partial charge in [0.15, 0.2) is 4.90 Å². The largest absolute Gasteiger partial charge is 0.593 e. The molecule has 4 heterocycles. The summed E-state index contributed by atoms with van der Waals surface area (Å²) < 4.78 is 92.6. The van der Waals surface area contributed by atoms with Gasteiger partial charge < -0.3 is 74.3 Å². The number of carbonyl (C=O) groups excluding carboxylic acids is 4. The maximum Gasteiger partial charge on any atom is 0.407 e. The lowest BCUT2D eigenvalue weighted by Gasteiger charge is -2.39. The first-order chi connectivity index (χ1) is 49.2. The van der Waals surface area contributed by atoms with E-state index in [1.165, 1.54) is 4.31 Å². The average molecular weight is 1550 g/mol. The molecule has 1 unspecified atom stereocenters. The van der Waals surface area contributed by atoms with Crippen molar-refractivity contribution >= 4 is 92.0 Å². The molecule has 10 rings (SSSR count). The number of likely N-dealkylation sites (tertiary alicyclic amines) is 2. The molecular formula is C72H100Cl4N10O15S2. The number of rotatable bonds is 31. The van der Waals surface area contributed by atoms with Gasteiger partial charge in [-0.25, -0.2) is 27.6 Å². The van der Waals surface area contributed by atoms with Crippen LogP contribution < -0.4 is 41.4 Å². The van der Waals surface area contributed by atoms with Crippen molar-refractivity contribution in [3.8, 4) is 11.5 Å². The number of carbonyl (C=O) groups is 4. The lowest BCUT2D eigenvalue weighted by atomic mass is 10.0. The Morgan fingerprint density at radius 1 is 0.544 bits per heavy atom. The Kier molecular flexibility index (Phi) is 29.2. The topological polar surface area (TPSA) is 284 Å². The summed E-state index contributed by atoms with van der Waals surface area (Å²) in [6.45, 7) is 18.7. The van der Waals surface area contributed by atoms with Crippen LogP contribution in [-0.4, -0.2) is 221 Å². The molecule has 568 valence electrons. The quantitative estimate of drug-likeness (QED) is 0.0202. The minimum Gasteiger partial charge on any atom is -0.593 e. The van der Waals surface area contributed by atoms with Crippen molar-refractivity contribution in [1.82, 2.24) is 50.3 Å². The number of hydrogen-bond acceptors (Lipinski definition) is 18. The minimum atomic E-state index is -3.83. The van der Waals surface area contributed by atoms with Crippen LogP contribution in [0.1, 0.15) is 127 Å². The molecule has 0 radical (unpaired) electrons. The predicted octanol–water partition coefficient (Wildman–Crippen LogP) is 10.4. The van der Waals surface area contributed by atoms with Crippen LogP contribution in [0.15, 0.2) is 82.6 Å². The number of nitrogens with one attached hydrogen (secondary N) is 6. The summed E-state index contributed by atoms with van der Waals surface area (Å²) in [5.41, 5.74) is 2.53. The van der Waals surface area contributed by atoms with Crippen molar-refractivity contribution in [2.75, 3.05) is 118 Å². The maximum atomic E-state index is 13.8. The van der Waals surface area contributed by atoms with Gasteiger partial charge in [0.1, 0.15) is 34.9 Å². The highest BCUT2D eigenvalue weighted by Gasteiger charge is 2.44. The first-order valence-corrected chi connectivity index (χ1v) is 39.8. The molecule has 31 heteroatoms. The van der Waals surface area contributed by atoms with Gasteiger partial charge in [-0.2, -0.15) is 4.31 Å². The molecule has 6 aliphatic rings. The van der Waals surface area contributed by atoms with Gasteiger partial charge in [-0.15, -0.1) is 4.31 Å². The van der Waals surface area contributed by atoms with Crippen LogP contribution in [0.5, 0.6) is 11.5 Å². The molecule has 25 nitrogen and oxygen atoms in total. The monoisotopic (exact) mass is 1550 g/mol. The average Bonchev–Trinajstić information content (AvgIpc) is 1.67. The van der Waals surface area contributed by atoms with Gasteiger partial charge in [0, 0.05) is 102 Å². The lowest BCUT2D eigenvalue weighted by Crippen LogP contribution is -2.53. The molecule has 4 aliphatic heterocycles. The van der Waals surface area contributed by atoms with Crippen molar-refractivity contribution in [3.05, 3.63) is 115 Å². The zero-order valence-corrected chi connectivity index (χ0v) is 64.2. The molecular weight excluding hydrogens is 1450 g/mol. The highest BCUT2D eigenvalue weighted by atomic mass is 35.5. The van der Waals surface area contributed by atoms with Gasteiger partial charge in [-0.05, 0) is 203 Å². The van der Waals surface area contributed by atoms with E-state index in [0.29, 0.717) is 141 Å². The van der Waals surface area contributed by atoms with Crippen molar-refractivity contribution < 1.29 is 70.0 Å². The van der Waals surface area contributed by atoms with Crippen LogP contribution in [0, 0.1) is 0 Å². The molecule has 4 saturated heterocycles. The minimum absolute atomic E-state index is 0.0614. The Morgan fingerprint density at radius 3 is 1.47 bits per heavy atom. The van der Waals surface area contributed by atoms with Crippen LogP contribution in [0.3, 0.4) is 0 Å². The SMILES string of the molecule is CC(C)(C)OC(=O)N[C@@H]1CCCN([C@H]2Cc3c(Cl)cc(Cl)cc3[C@@H]2Oc2ccc([S+]([O-])N3CC[C@@H](OCCOCCNC(=O)NCCCCNC(=O)NCCOCCO[C@@H]4CCN(S(=O)(=O)c5ccc(O[C@H]6c7cc(Cl)cc(Cl)c7C[C@@H]6N6CCC[C@@H](NC(=O)OC(C)(C)C)C6)cc5)C4)C3)cc2)C1. The van der Waals surface area contributed by atoms with E-state index in [9.17, 15) is 32.1 Å². The summed E-state index contributed by atoms with van der Waals surface area (Å²) in [6.07, 6.45) is 5.11. The Hall–Kier alpha value is -5.34.